The van der Waals surface area contributed by atoms with E-state index >= 15 is 0 Å². The summed E-state index contributed by atoms with van der Waals surface area (Å²) in [6.07, 6.45) is 3.97. The van der Waals surface area contributed by atoms with Gasteiger partial charge in [0.2, 0.25) is 5.88 Å². The summed E-state index contributed by atoms with van der Waals surface area (Å²) in [5, 5.41) is 3.68. The molecule has 5 heteroatoms. The number of aromatic nitrogens is 2. The van der Waals surface area contributed by atoms with Gasteiger partial charge in [0.15, 0.2) is 11.5 Å². The molecule has 0 saturated heterocycles. The van der Waals surface area contributed by atoms with Crippen molar-refractivity contribution in [3.8, 4) is 11.1 Å². The predicted octanol–water partition coefficient (Wildman–Crippen LogP) is 2.94. The molecule has 1 fully saturated rings. The fraction of sp³-hybridized carbons (Fsp3) is 0.231. The van der Waals surface area contributed by atoms with Crippen molar-refractivity contribution >= 4 is 17.0 Å². The fourth-order valence-corrected chi connectivity index (χ4v) is 2.08. The van der Waals surface area contributed by atoms with Crippen molar-refractivity contribution in [1.82, 2.24) is 10.1 Å². The Bertz CT molecular complexity index is 725. The van der Waals surface area contributed by atoms with Crippen LogP contribution in [0.3, 0.4) is 0 Å². The first kappa shape index (κ1) is 9.70. The molecule has 1 aromatic carbocycles. The molecular formula is C13H11N3O2. The van der Waals surface area contributed by atoms with Gasteiger partial charge in [-0.15, -0.1) is 0 Å². The van der Waals surface area contributed by atoms with E-state index in [1.807, 2.05) is 18.2 Å². The summed E-state index contributed by atoms with van der Waals surface area (Å²) < 4.78 is 10.6. The smallest absolute Gasteiger partial charge is 0.229 e. The van der Waals surface area contributed by atoms with Gasteiger partial charge in [0.05, 0.1) is 11.8 Å². The molecular weight excluding hydrogens is 230 g/mol. The summed E-state index contributed by atoms with van der Waals surface area (Å²) in [5.74, 6) is 1.68. The number of rotatable bonds is 2. The molecule has 3 aromatic rings. The summed E-state index contributed by atoms with van der Waals surface area (Å²) in [4.78, 5) is 4.52. The summed E-state index contributed by atoms with van der Waals surface area (Å²) >= 11 is 0. The van der Waals surface area contributed by atoms with E-state index in [-0.39, 0.29) is 0 Å². The first-order chi connectivity index (χ1) is 8.81. The Morgan fingerprint density at radius 3 is 2.89 bits per heavy atom. The number of hydrogen-bond donors (Lipinski definition) is 1. The van der Waals surface area contributed by atoms with E-state index < -0.39 is 0 Å². The number of anilines is 1. The molecule has 18 heavy (non-hydrogen) atoms. The molecule has 0 amide bonds. The third-order valence-corrected chi connectivity index (χ3v) is 3.24. The van der Waals surface area contributed by atoms with Crippen LogP contribution < -0.4 is 5.73 Å². The van der Waals surface area contributed by atoms with E-state index in [9.17, 15) is 0 Å². The summed E-state index contributed by atoms with van der Waals surface area (Å²) in [6.45, 7) is 0. The van der Waals surface area contributed by atoms with Crippen LogP contribution in [0.25, 0.3) is 22.2 Å². The highest BCUT2D eigenvalue weighted by Crippen LogP contribution is 2.41. The molecule has 0 atom stereocenters. The van der Waals surface area contributed by atoms with Gasteiger partial charge in [0, 0.05) is 5.92 Å². The van der Waals surface area contributed by atoms with Crippen molar-refractivity contribution in [3.63, 3.8) is 0 Å². The Morgan fingerprint density at radius 2 is 2.17 bits per heavy atom. The maximum atomic E-state index is 5.71. The number of hydrogen-bond acceptors (Lipinski definition) is 5. The molecule has 1 saturated carbocycles. The summed E-state index contributed by atoms with van der Waals surface area (Å²) in [5.41, 5.74) is 9.11. The van der Waals surface area contributed by atoms with Gasteiger partial charge in [-0.25, -0.2) is 4.98 Å². The minimum Gasteiger partial charge on any atom is -0.440 e. The lowest BCUT2D eigenvalue weighted by molar-refractivity contribution is 0.436. The van der Waals surface area contributed by atoms with E-state index in [0.717, 1.165) is 28.1 Å². The zero-order valence-corrected chi connectivity index (χ0v) is 9.59. The second-order valence-electron chi connectivity index (χ2n) is 4.61. The lowest BCUT2D eigenvalue weighted by atomic mass is 10.1. The van der Waals surface area contributed by atoms with Crippen molar-refractivity contribution in [2.75, 3.05) is 5.73 Å². The molecule has 0 unspecified atom stereocenters. The van der Waals surface area contributed by atoms with Crippen LogP contribution in [-0.2, 0) is 0 Å². The van der Waals surface area contributed by atoms with Crippen molar-refractivity contribution in [2.45, 2.75) is 18.8 Å². The van der Waals surface area contributed by atoms with Crippen molar-refractivity contribution < 1.29 is 8.94 Å². The molecule has 5 nitrogen and oxygen atoms in total. The van der Waals surface area contributed by atoms with E-state index in [2.05, 4.69) is 10.1 Å². The molecule has 4 rings (SSSR count). The molecule has 0 radical (unpaired) electrons. The zero-order chi connectivity index (χ0) is 12.1. The summed E-state index contributed by atoms with van der Waals surface area (Å²) in [7, 11) is 0. The number of fused-ring (bicyclic) bond motifs is 1. The SMILES string of the molecule is Nc1oncc1-c1ccc2oc(C3CC3)nc2c1. The molecule has 1 aliphatic carbocycles. The molecule has 0 aliphatic heterocycles. The largest absolute Gasteiger partial charge is 0.440 e. The van der Waals surface area contributed by atoms with Crippen LogP contribution in [0.5, 0.6) is 0 Å². The average molecular weight is 241 g/mol. The average Bonchev–Trinajstić information content (AvgIpc) is 3.00. The van der Waals surface area contributed by atoms with Gasteiger partial charge in [-0.3, -0.25) is 0 Å². The highest BCUT2D eigenvalue weighted by Gasteiger charge is 2.28. The Kier molecular flexibility index (Phi) is 1.81. The number of nitrogens with two attached hydrogens (primary N) is 1. The Morgan fingerprint density at radius 1 is 1.28 bits per heavy atom. The van der Waals surface area contributed by atoms with Crippen LogP contribution in [-0.4, -0.2) is 10.1 Å². The Hall–Kier alpha value is -2.30. The molecule has 2 N–H and O–H groups in total. The minimum atomic E-state index is 0.320. The van der Waals surface area contributed by atoms with Gasteiger partial charge in [-0.2, -0.15) is 0 Å². The number of nitrogen functional groups attached to an aromatic ring is 1. The highest BCUT2D eigenvalue weighted by atomic mass is 16.5. The molecule has 0 bridgehead atoms. The van der Waals surface area contributed by atoms with Gasteiger partial charge in [0.1, 0.15) is 5.52 Å². The maximum absolute atomic E-state index is 5.71. The monoisotopic (exact) mass is 241 g/mol. The van der Waals surface area contributed by atoms with Crippen LogP contribution in [0, 0.1) is 0 Å². The summed E-state index contributed by atoms with van der Waals surface area (Å²) in [6, 6.07) is 5.80. The van der Waals surface area contributed by atoms with Gasteiger partial charge >= 0.3 is 0 Å². The number of nitrogens with zero attached hydrogens (tertiary/aromatic N) is 2. The Labute approximate surface area is 103 Å². The quantitative estimate of drug-likeness (QED) is 0.746. The lowest BCUT2D eigenvalue weighted by Gasteiger charge is -1.96. The fourth-order valence-electron chi connectivity index (χ4n) is 2.08. The van der Waals surface area contributed by atoms with Crippen molar-refractivity contribution in [1.29, 1.82) is 0 Å². The molecule has 90 valence electrons. The van der Waals surface area contributed by atoms with Crippen LogP contribution in [0.15, 0.2) is 33.3 Å². The standard InChI is InChI=1S/C13H11N3O2/c14-12-9(6-15-18-12)8-3-4-11-10(5-8)16-13(17-11)7-1-2-7/h3-7H,1-2,14H2. The molecule has 2 aromatic heterocycles. The van der Waals surface area contributed by atoms with E-state index in [1.165, 1.54) is 12.8 Å². The molecule has 0 spiro atoms. The molecule has 1 aliphatic rings. The first-order valence-electron chi connectivity index (χ1n) is 5.92. The van der Waals surface area contributed by atoms with E-state index in [4.69, 9.17) is 14.7 Å². The predicted molar refractivity (Wildman–Crippen MR) is 65.9 cm³/mol. The first-order valence-corrected chi connectivity index (χ1v) is 5.92. The van der Waals surface area contributed by atoms with E-state index in [1.54, 1.807) is 6.20 Å². The van der Waals surface area contributed by atoms with Gasteiger partial charge in [-0.1, -0.05) is 11.2 Å². The van der Waals surface area contributed by atoms with Crippen LogP contribution in [0.2, 0.25) is 0 Å². The normalized spacial score (nSPS) is 15.3. The van der Waals surface area contributed by atoms with Gasteiger partial charge < -0.3 is 14.7 Å². The van der Waals surface area contributed by atoms with Gasteiger partial charge in [-0.05, 0) is 30.5 Å². The number of oxazole rings is 1. The van der Waals surface area contributed by atoms with Crippen molar-refractivity contribution in [2.24, 2.45) is 0 Å². The lowest BCUT2D eigenvalue weighted by Crippen LogP contribution is -1.84. The third kappa shape index (κ3) is 1.40. The highest BCUT2D eigenvalue weighted by molar-refractivity contribution is 5.82. The van der Waals surface area contributed by atoms with Crippen LogP contribution in [0.4, 0.5) is 5.88 Å². The third-order valence-electron chi connectivity index (χ3n) is 3.24. The van der Waals surface area contributed by atoms with E-state index in [0.29, 0.717) is 11.8 Å². The van der Waals surface area contributed by atoms with Crippen LogP contribution in [0.1, 0.15) is 24.7 Å². The number of benzene rings is 1. The Balaban J connectivity index is 1.85. The van der Waals surface area contributed by atoms with Crippen molar-refractivity contribution in [3.05, 3.63) is 30.3 Å². The maximum Gasteiger partial charge on any atom is 0.229 e. The van der Waals surface area contributed by atoms with Gasteiger partial charge in [0.25, 0.3) is 0 Å². The zero-order valence-electron chi connectivity index (χ0n) is 9.59. The van der Waals surface area contributed by atoms with Crippen LogP contribution >= 0.6 is 0 Å². The minimum absolute atomic E-state index is 0.320. The second-order valence-corrected chi connectivity index (χ2v) is 4.61. The second kappa shape index (κ2) is 3.35. The topological polar surface area (TPSA) is 78.1 Å². The molecule has 2 heterocycles.